The van der Waals surface area contributed by atoms with E-state index in [2.05, 4.69) is 41.0 Å². The second-order valence-corrected chi connectivity index (χ2v) is 4.18. The van der Waals surface area contributed by atoms with Crippen LogP contribution in [0.2, 0.25) is 0 Å². The van der Waals surface area contributed by atoms with Crippen LogP contribution < -0.4 is 4.90 Å². The molecule has 0 bridgehead atoms. The Kier molecular flexibility index (Phi) is 4.28. The highest BCUT2D eigenvalue weighted by atomic mass is 32.1. The molecular weight excluding hydrogens is 210 g/mol. The third-order valence-electron chi connectivity index (χ3n) is 2.28. The molecule has 0 unspecified atom stereocenters. The van der Waals surface area contributed by atoms with Gasteiger partial charge in [-0.25, -0.2) is 5.10 Å². The lowest BCUT2D eigenvalue weighted by atomic mass is 10.5. The fraction of sp³-hybridized carbons (Fsp3) is 0.778. The molecule has 0 atom stereocenters. The van der Waals surface area contributed by atoms with Gasteiger partial charge in [0, 0.05) is 26.7 Å². The fourth-order valence-corrected chi connectivity index (χ4v) is 1.59. The Hall–Kier alpha value is -0.880. The molecule has 86 valence electrons. The molecule has 1 aromatic rings. The van der Waals surface area contributed by atoms with Crippen molar-refractivity contribution in [2.75, 3.05) is 39.1 Å². The van der Waals surface area contributed by atoms with E-state index in [1.165, 1.54) is 0 Å². The largest absolute Gasteiger partial charge is 0.343 e. The third kappa shape index (κ3) is 3.04. The highest BCUT2D eigenvalue weighted by Crippen LogP contribution is 2.08. The summed E-state index contributed by atoms with van der Waals surface area (Å²) in [5, 5.41) is 7.03. The monoisotopic (exact) mass is 229 g/mol. The van der Waals surface area contributed by atoms with E-state index >= 15 is 0 Å². The van der Waals surface area contributed by atoms with Crippen LogP contribution in [-0.4, -0.2) is 53.9 Å². The van der Waals surface area contributed by atoms with E-state index in [1.807, 2.05) is 11.6 Å². The highest BCUT2D eigenvalue weighted by molar-refractivity contribution is 7.71. The molecule has 0 saturated heterocycles. The Morgan fingerprint density at radius 3 is 2.53 bits per heavy atom. The average Bonchev–Trinajstić information content (AvgIpc) is 2.55. The topological polar surface area (TPSA) is 40.1 Å². The Labute approximate surface area is 95.7 Å². The molecule has 0 fully saturated rings. The predicted molar refractivity (Wildman–Crippen MR) is 64.9 cm³/mol. The van der Waals surface area contributed by atoms with Crippen molar-refractivity contribution >= 4 is 18.2 Å². The number of nitrogens with one attached hydrogen (secondary N) is 1. The van der Waals surface area contributed by atoms with Crippen molar-refractivity contribution in [3.05, 3.63) is 4.77 Å². The zero-order chi connectivity index (χ0) is 11.4. The molecule has 6 heteroatoms. The Bertz CT molecular complexity index is 354. The molecular formula is C9H19N5S. The summed E-state index contributed by atoms with van der Waals surface area (Å²) < 4.78 is 2.68. The quantitative estimate of drug-likeness (QED) is 0.763. The van der Waals surface area contributed by atoms with Crippen LogP contribution in [0.25, 0.3) is 0 Å². The van der Waals surface area contributed by atoms with Crippen LogP contribution in [-0.2, 0) is 6.54 Å². The van der Waals surface area contributed by atoms with Gasteiger partial charge in [0.2, 0.25) is 5.95 Å². The van der Waals surface area contributed by atoms with E-state index in [4.69, 9.17) is 12.2 Å². The van der Waals surface area contributed by atoms with Gasteiger partial charge in [-0.15, -0.1) is 5.10 Å². The molecule has 0 aliphatic rings. The second kappa shape index (κ2) is 5.27. The molecule has 0 aromatic carbocycles. The maximum Gasteiger partial charge on any atom is 0.225 e. The summed E-state index contributed by atoms with van der Waals surface area (Å²) in [6.07, 6.45) is 0. The van der Waals surface area contributed by atoms with Crippen molar-refractivity contribution in [1.82, 2.24) is 19.7 Å². The van der Waals surface area contributed by atoms with Crippen molar-refractivity contribution < 1.29 is 0 Å². The van der Waals surface area contributed by atoms with Gasteiger partial charge in [0.05, 0.1) is 0 Å². The zero-order valence-electron chi connectivity index (χ0n) is 9.82. The number of anilines is 1. The summed E-state index contributed by atoms with van der Waals surface area (Å²) >= 11 is 5.13. The maximum absolute atomic E-state index is 5.13. The van der Waals surface area contributed by atoms with Crippen LogP contribution in [0.15, 0.2) is 0 Å². The van der Waals surface area contributed by atoms with Gasteiger partial charge in [-0.05, 0) is 33.2 Å². The number of rotatable bonds is 5. The molecule has 1 rings (SSSR count). The van der Waals surface area contributed by atoms with E-state index in [9.17, 15) is 0 Å². The summed E-state index contributed by atoms with van der Waals surface area (Å²) in [4.78, 5) is 4.25. The number of nitrogens with zero attached hydrogens (tertiary/aromatic N) is 4. The highest BCUT2D eigenvalue weighted by Gasteiger charge is 2.09. The first-order chi connectivity index (χ1) is 7.06. The number of hydrogen-bond acceptors (Lipinski definition) is 4. The molecule has 5 nitrogen and oxygen atoms in total. The predicted octanol–water partition coefficient (Wildman–Crippen LogP) is 0.958. The van der Waals surface area contributed by atoms with Gasteiger partial charge < -0.3 is 9.80 Å². The first kappa shape index (κ1) is 12.2. The molecule has 0 aliphatic heterocycles. The van der Waals surface area contributed by atoms with Crippen molar-refractivity contribution in [2.45, 2.75) is 13.5 Å². The van der Waals surface area contributed by atoms with E-state index in [0.29, 0.717) is 4.77 Å². The molecule has 1 aromatic heterocycles. The zero-order valence-corrected chi connectivity index (χ0v) is 10.6. The number of hydrogen-bond donors (Lipinski definition) is 1. The summed E-state index contributed by atoms with van der Waals surface area (Å²) in [6, 6.07) is 0. The normalized spacial score (nSPS) is 11.0. The van der Waals surface area contributed by atoms with Crippen LogP contribution in [0.1, 0.15) is 6.92 Å². The Balaban J connectivity index is 2.73. The summed E-state index contributed by atoms with van der Waals surface area (Å²) in [5.41, 5.74) is 0. The first-order valence-electron chi connectivity index (χ1n) is 5.07. The SMILES string of the molecule is CCn1c(N(C)CCN(C)C)n[nH]c1=S. The Morgan fingerprint density at radius 2 is 2.00 bits per heavy atom. The van der Waals surface area contributed by atoms with Gasteiger partial charge in [-0.1, -0.05) is 0 Å². The smallest absolute Gasteiger partial charge is 0.225 e. The number of H-pyrrole nitrogens is 1. The molecule has 0 aliphatic carbocycles. The lowest BCUT2D eigenvalue weighted by Gasteiger charge is -2.20. The minimum Gasteiger partial charge on any atom is -0.343 e. The summed E-state index contributed by atoms with van der Waals surface area (Å²) in [7, 11) is 6.15. The molecule has 15 heavy (non-hydrogen) atoms. The van der Waals surface area contributed by atoms with E-state index in [-0.39, 0.29) is 0 Å². The van der Waals surface area contributed by atoms with Crippen molar-refractivity contribution in [2.24, 2.45) is 0 Å². The van der Waals surface area contributed by atoms with Crippen LogP contribution in [0.4, 0.5) is 5.95 Å². The van der Waals surface area contributed by atoms with Crippen molar-refractivity contribution in [1.29, 1.82) is 0 Å². The van der Waals surface area contributed by atoms with Gasteiger partial charge in [0.1, 0.15) is 0 Å². The van der Waals surface area contributed by atoms with Crippen LogP contribution >= 0.6 is 12.2 Å². The minimum absolute atomic E-state index is 0.684. The summed E-state index contributed by atoms with van der Waals surface area (Å²) in [5.74, 6) is 0.907. The van der Waals surface area contributed by atoms with Crippen LogP contribution in [0, 0.1) is 4.77 Å². The second-order valence-electron chi connectivity index (χ2n) is 3.80. The average molecular weight is 229 g/mol. The number of aromatic amines is 1. The number of likely N-dealkylation sites (N-methyl/N-ethyl adjacent to an activating group) is 2. The van der Waals surface area contributed by atoms with E-state index in [1.54, 1.807) is 0 Å². The minimum atomic E-state index is 0.684. The van der Waals surface area contributed by atoms with E-state index in [0.717, 1.165) is 25.6 Å². The van der Waals surface area contributed by atoms with Gasteiger partial charge in [0.15, 0.2) is 4.77 Å². The maximum atomic E-state index is 5.13. The molecule has 0 saturated carbocycles. The third-order valence-corrected chi connectivity index (χ3v) is 2.59. The van der Waals surface area contributed by atoms with Gasteiger partial charge in [0.25, 0.3) is 0 Å². The summed E-state index contributed by atoms with van der Waals surface area (Å²) in [6.45, 7) is 4.85. The molecule has 1 N–H and O–H groups in total. The number of aromatic nitrogens is 3. The molecule has 0 amide bonds. The lowest BCUT2D eigenvalue weighted by Crippen LogP contribution is -2.30. The Morgan fingerprint density at radius 1 is 1.33 bits per heavy atom. The molecule has 1 heterocycles. The first-order valence-corrected chi connectivity index (χ1v) is 5.48. The molecule has 0 spiro atoms. The lowest BCUT2D eigenvalue weighted by molar-refractivity contribution is 0.415. The van der Waals surface area contributed by atoms with Gasteiger partial charge in [-0.3, -0.25) is 4.57 Å². The van der Waals surface area contributed by atoms with E-state index < -0.39 is 0 Å². The van der Waals surface area contributed by atoms with Crippen molar-refractivity contribution in [3.63, 3.8) is 0 Å². The van der Waals surface area contributed by atoms with Crippen LogP contribution in [0.3, 0.4) is 0 Å². The van der Waals surface area contributed by atoms with Crippen LogP contribution in [0.5, 0.6) is 0 Å². The van der Waals surface area contributed by atoms with Gasteiger partial charge >= 0.3 is 0 Å². The molecule has 0 radical (unpaired) electrons. The standard InChI is InChI=1S/C9H19N5S/c1-5-14-8(10-11-9(14)15)13(4)7-6-12(2)3/h5-7H2,1-4H3,(H,11,15). The van der Waals surface area contributed by atoms with Crippen molar-refractivity contribution in [3.8, 4) is 0 Å². The fourth-order valence-electron chi connectivity index (χ4n) is 1.34. The van der Waals surface area contributed by atoms with Gasteiger partial charge in [-0.2, -0.15) is 0 Å².